The number of benzene rings is 1. The summed E-state index contributed by atoms with van der Waals surface area (Å²) in [6.45, 7) is 13.4. The highest BCUT2D eigenvalue weighted by Crippen LogP contribution is 2.37. The van der Waals surface area contributed by atoms with Gasteiger partial charge in [0.15, 0.2) is 16.9 Å². The van der Waals surface area contributed by atoms with E-state index in [1.807, 2.05) is 16.8 Å². The van der Waals surface area contributed by atoms with E-state index >= 15 is 0 Å². The average molecular weight is 373 g/mol. The molecule has 2 aliphatic rings. The largest absolute Gasteiger partial charge is 0.490 e. The van der Waals surface area contributed by atoms with Gasteiger partial charge in [-0.3, -0.25) is 4.79 Å². The maximum atomic E-state index is 12.8. The Morgan fingerprint density at radius 1 is 1.19 bits per heavy atom. The van der Waals surface area contributed by atoms with E-state index in [1.54, 1.807) is 19.9 Å². The van der Waals surface area contributed by atoms with Crippen LogP contribution in [0.4, 0.5) is 0 Å². The monoisotopic (exact) mass is 373 g/mol. The average Bonchev–Trinajstić information content (AvgIpc) is 2.55. The maximum absolute atomic E-state index is 12.8. The van der Waals surface area contributed by atoms with Crippen molar-refractivity contribution in [2.75, 3.05) is 13.2 Å². The van der Waals surface area contributed by atoms with E-state index in [1.165, 1.54) is 0 Å². The molecule has 0 unspecified atom stereocenters. The molecule has 0 fully saturated rings. The zero-order valence-electron chi connectivity index (χ0n) is 17.3. The Morgan fingerprint density at radius 2 is 1.89 bits per heavy atom. The van der Waals surface area contributed by atoms with E-state index < -0.39 is 5.97 Å². The number of hydrogen-bond acceptors (Lipinski definition) is 4. The Morgan fingerprint density at radius 3 is 2.48 bits per heavy atom. The topological polar surface area (TPSA) is 57.5 Å². The van der Waals surface area contributed by atoms with Gasteiger partial charge in [0.2, 0.25) is 0 Å². The minimum absolute atomic E-state index is 0.0478. The van der Waals surface area contributed by atoms with Gasteiger partial charge in [-0.1, -0.05) is 34.1 Å². The molecule has 0 atom stereocenters. The van der Waals surface area contributed by atoms with Gasteiger partial charge in [-0.15, -0.1) is 0 Å². The third-order valence-corrected chi connectivity index (χ3v) is 4.25. The van der Waals surface area contributed by atoms with E-state index in [0.29, 0.717) is 35.7 Å². The number of rotatable bonds is 7. The van der Waals surface area contributed by atoms with Crippen LogP contribution in [0.5, 0.6) is 5.75 Å². The number of carbonyl (C=O) groups excluding carboxylic acids is 1. The van der Waals surface area contributed by atoms with Gasteiger partial charge in [-0.25, -0.2) is 4.79 Å². The molecule has 0 amide bonds. The summed E-state index contributed by atoms with van der Waals surface area (Å²) in [6, 6.07) is 3.43. The summed E-state index contributed by atoms with van der Waals surface area (Å²) >= 11 is 0. The second-order valence-electron chi connectivity index (χ2n) is 8.12. The van der Waals surface area contributed by atoms with Crippen LogP contribution in [0.25, 0.3) is 11.1 Å². The molecule has 5 heteroatoms. The van der Waals surface area contributed by atoms with E-state index in [0.717, 1.165) is 18.4 Å². The number of carbonyl (C=O) groups is 1. The summed E-state index contributed by atoms with van der Waals surface area (Å²) in [5.41, 5.74) is 2.48. The molecule has 1 aliphatic carbocycles. The first kappa shape index (κ1) is 21.0. The lowest BCUT2D eigenvalue weighted by Gasteiger charge is -2.27. The van der Waals surface area contributed by atoms with Crippen molar-refractivity contribution < 1.29 is 14.3 Å². The lowest BCUT2D eigenvalue weighted by atomic mass is 9.95. The van der Waals surface area contributed by atoms with E-state index in [2.05, 4.69) is 27.7 Å². The Balaban J connectivity index is 2.78. The zero-order valence-corrected chi connectivity index (χ0v) is 17.3. The SMILES string of the molecule is CCCCOc1c2cc(=O)c(C)cc-2cn(CC(C)(C)C)c1C(=O)OCC. The number of hydrogen-bond donors (Lipinski definition) is 0. The summed E-state index contributed by atoms with van der Waals surface area (Å²) in [5.74, 6) is 0.0175. The fraction of sp³-hybridized carbons (Fsp3) is 0.545. The van der Waals surface area contributed by atoms with Crippen LogP contribution in [0.3, 0.4) is 0 Å². The first-order valence-corrected chi connectivity index (χ1v) is 9.65. The van der Waals surface area contributed by atoms with Crippen LogP contribution in [0.15, 0.2) is 23.1 Å². The minimum atomic E-state index is -0.428. The molecule has 0 saturated carbocycles. The van der Waals surface area contributed by atoms with Crippen LogP contribution in [0.1, 0.15) is 63.5 Å². The fourth-order valence-electron chi connectivity index (χ4n) is 3.01. The molecular weight excluding hydrogens is 342 g/mol. The number of pyridine rings is 1. The maximum Gasteiger partial charge on any atom is 0.358 e. The van der Waals surface area contributed by atoms with E-state index in [9.17, 15) is 9.59 Å². The molecule has 0 spiro atoms. The van der Waals surface area contributed by atoms with Crippen molar-refractivity contribution in [3.8, 4) is 16.9 Å². The van der Waals surface area contributed by atoms with Crippen molar-refractivity contribution in [2.45, 2.75) is 60.9 Å². The van der Waals surface area contributed by atoms with Crippen molar-refractivity contribution in [3.05, 3.63) is 39.8 Å². The molecule has 27 heavy (non-hydrogen) atoms. The molecule has 1 heterocycles. The second kappa shape index (κ2) is 8.59. The van der Waals surface area contributed by atoms with Crippen molar-refractivity contribution in [2.24, 2.45) is 5.41 Å². The summed E-state index contributed by atoms with van der Waals surface area (Å²) in [4.78, 5) is 25.1. The van der Waals surface area contributed by atoms with Crippen molar-refractivity contribution in [3.63, 3.8) is 0 Å². The van der Waals surface area contributed by atoms with Crippen molar-refractivity contribution >= 4 is 5.97 Å². The van der Waals surface area contributed by atoms with Crippen LogP contribution in [0, 0.1) is 12.3 Å². The van der Waals surface area contributed by atoms with E-state index in [4.69, 9.17) is 9.47 Å². The van der Waals surface area contributed by atoms with E-state index in [-0.39, 0.29) is 17.5 Å². The summed E-state index contributed by atoms with van der Waals surface area (Å²) in [7, 11) is 0. The number of nitrogens with zero attached hydrogens (tertiary/aromatic N) is 1. The van der Waals surface area contributed by atoms with Gasteiger partial charge in [-0.05, 0) is 43.4 Å². The van der Waals surface area contributed by atoms with Crippen LogP contribution in [-0.4, -0.2) is 23.8 Å². The first-order chi connectivity index (χ1) is 12.7. The van der Waals surface area contributed by atoms with Crippen LogP contribution < -0.4 is 10.2 Å². The molecular formula is C22H31NO4. The van der Waals surface area contributed by atoms with Gasteiger partial charge >= 0.3 is 5.97 Å². The number of fused-ring (bicyclic) bond motifs is 1. The van der Waals surface area contributed by atoms with Gasteiger partial charge in [-0.2, -0.15) is 0 Å². The highest BCUT2D eigenvalue weighted by molar-refractivity contribution is 5.94. The second-order valence-corrected chi connectivity index (χ2v) is 8.12. The van der Waals surface area contributed by atoms with Crippen molar-refractivity contribution in [1.29, 1.82) is 0 Å². The number of aryl methyl sites for hydroxylation is 1. The summed E-state index contributed by atoms with van der Waals surface area (Å²) in [5, 5.41) is 0. The van der Waals surface area contributed by atoms with Gasteiger partial charge in [0, 0.05) is 23.9 Å². The third-order valence-electron chi connectivity index (χ3n) is 4.25. The highest BCUT2D eigenvalue weighted by Gasteiger charge is 2.27. The first-order valence-electron chi connectivity index (χ1n) is 9.65. The summed E-state index contributed by atoms with van der Waals surface area (Å²) < 4.78 is 13.3. The highest BCUT2D eigenvalue weighted by atomic mass is 16.5. The fourth-order valence-corrected chi connectivity index (χ4v) is 3.01. The predicted octanol–water partition coefficient (Wildman–Crippen LogP) is 4.66. The normalized spacial score (nSPS) is 11.6. The minimum Gasteiger partial charge on any atom is -0.490 e. The molecule has 0 aromatic rings. The van der Waals surface area contributed by atoms with Gasteiger partial charge in [0.1, 0.15) is 0 Å². The number of aromatic nitrogens is 1. The van der Waals surface area contributed by atoms with Gasteiger partial charge in [0.25, 0.3) is 0 Å². The molecule has 0 N–H and O–H groups in total. The standard InChI is InChI=1S/C22H31NO4/c1-7-9-10-27-20-17-12-18(24)15(3)11-16(17)13-23(14-22(4,5)6)19(20)21(25)26-8-2/h11-13H,7-10,14H2,1-6H3. The van der Waals surface area contributed by atoms with Gasteiger partial charge < -0.3 is 14.0 Å². The molecule has 0 aromatic carbocycles. The molecule has 148 valence electrons. The lowest BCUT2D eigenvalue weighted by Crippen LogP contribution is -2.24. The summed E-state index contributed by atoms with van der Waals surface area (Å²) in [6.07, 6.45) is 3.77. The third kappa shape index (κ3) is 5.12. The Labute approximate surface area is 161 Å². The molecule has 5 nitrogen and oxygen atoms in total. The Bertz CT molecular complexity index is 830. The van der Waals surface area contributed by atoms with Crippen LogP contribution in [-0.2, 0) is 11.3 Å². The molecule has 2 rings (SSSR count). The molecule has 1 aliphatic heterocycles. The van der Waals surface area contributed by atoms with Crippen molar-refractivity contribution in [1.82, 2.24) is 4.57 Å². The number of ether oxygens (including phenoxy) is 2. The molecule has 0 bridgehead atoms. The molecule has 0 saturated heterocycles. The number of unbranched alkanes of at least 4 members (excludes halogenated alkanes) is 1. The quantitative estimate of drug-likeness (QED) is 0.523. The predicted molar refractivity (Wildman–Crippen MR) is 108 cm³/mol. The zero-order chi connectivity index (χ0) is 20.2. The molecule has 0 aromatic heterocycles. The number of esters is 1. The van der Waals surface area contributed by atoms with Crippen LogP contribution in [0.2, 0.25) is 0 Å². The van der Waals surface area contributed by atoms with Gasteiger partial charge in [0.05, 0.1) is 13.2 Å². The Hall–Kier alpha value is -2.30. The van der Waals surface area contributed by atoms with Crippen LogP contribution >= 0.6 is 0 Å². The smallest absolute Gasteiger partial charge is 0.358 e. The Kier molecular flexibility index (Phi) is 6.68. The lowest BCUT2D eigenvalue weighted by molar-refractivity contribution is 0.0504. The molecule has 0 radical (unpaired) electrons.